The van der Waals surface area contributed by atoms with Gasteiger partial charge in [-0.05, 0) is 25.5 Å². The van der Waals surface area contributed by atoms with Crippen molar-refractivity contribution < 1.29 is 19.3 Å². The van der Waals surface area contributed by atoms with Gasteiger partial charge in [0.1, 0.15) is 23.5 Å². The van der Waals surface area contributed by atoms with Crippen LogP contribution in [0.5, 0.6) is 5.75 Å². The lowest BCUT2D eigenvalue weighted by Gasteiger charge is -2.37. The van der Waals surface area contributed by atoms with Crippen LogP contribution >= 0.6 is 0 Å². The van der Waals surface area contributed by atoms with Gasteiger partial charge in [-0.1, -0.05) is 42.5 Å². The molecule has 29 heavy (non-hydrogen) atoms. The molecule has 0 spiro atoms. The highest BCUT2D eigenvalue weighted by Crippen LogP contribution is 2.46. The van der Waals surface area contributed by atoms with Crippen molar-refractivity contribution in [2.75, 3.05) is 20.3 Å². The van der Waals surface area contributed by atoms with E-state index in [1.807, 2.05) is 73.2 Å². The van der Waals surface area contributed by atoms with E-state index in [-0.39, 0.29) is 0 Å². The minimum Gasteiger partial charge on any atom is -0.480 e. The molecule has 0 bridgehead atoms. The molecule has 1 aliphatic rings. The smallest absolute Gasteiger partial charge is 0.154 e. The lowest BCUT2D eigenvalue weighted by atomic mass is 9.91. The second-order valence-corrected chi connectivity index (χ2v) is 7.09. The summed E-state index contributed by atoms with van der Waals surface area (Å²) in [4.78, 5) is 4.75. The third-order valence-corrected chi connectivity index (χ3v) is 5.21. The molecule has 6 nitrogen and oxygen atoms in total. The van der Waals surface area contributed by atoms with E-state index in [0.29, 0.717) is 19.0 Å². The molecule has 3 aromatic rings. The Labute approximate surface area is 170 Å². The van der Waals surface area contributed by atoms with Gasteiger partial charge >= 0.3 is 0 Å². The summed E-state index contributed by atoms with van der Waals surface area (Å²) in [7, 11) is 1.63. The first-order chi connectivity index (χ1) is 14.2. The fraction of sp³-hybridized carbons (Fsp3) is 0.348. The van der Waals surface area contributed by atoms with Gasteiger partial charge in [-0.3, -0.25) is 0 Å². The number of aryl methyl sites for hydroxylation is 1. The van der Waals surface area contributed by atoms with E-state index >= 15 is 0 Å². The topological polar surface area (TPSA) is 65.7 Å². The number of allylic oxidation sites excluding steroid dienone is 1. The second kappa shape index (κ2) is 8.37. The van der Waals surface area contributed by atoms with E-state index in [1.54, 1.807) is 7.11 Å². The van der Waals surface area contributed by atoms with Crippen LogP contribution in [0, 0.1) is 6.92 Å². The summed E-state index contributed by atoms with van der Waals surface area (Å²) in [5.74, 6) is 1.53. The summed E-state index contributed by atoms with van der Waals surface area (Å²) in [5, 5.41) is 11.1. The minimum atomic E-state index is -0.849. The number of ether oxygens (including phenoxy) is 3. The van der Waals surface area contributed by atoms with Crippen LogP contribution in [0.25, 0.3) is 17.2 Å². The number of rotatable bonds is 6. The minimum absolute atomic E-state index is 0.378. The first-order valence-corrected chi connectivity index (χ1v) is 9.80. The molecule has 0 saturated heterocycles. The number of nitrogens with zero attached hydrogens (tertiary/aromatic N) is 2. The fourth-order valence-electron chi connectivity index (χ4n) is 3.85. The third-order valence-electron chi connectivity index (χ3n) is 5.21. The van der Waals surface area contributed by atoms with Crippen LogP contribution in [0.15, 0.2) is 48.5 Å². The predicted molar refractivity (Wildman–Crippen MR) is 112 cm³/mol. The van der Waals surface area contributed by atoms with Crippen molar-refractivity contribution in [3.05, 3.63) is 65.5 Å². The van der Waals surface area contributed by atoms with Gasteiger partial charge in [0, 0.05) is 18.9 Å². The van der Waals surface area contributed by atoms with Crippen molar-refractivity contribution in [1.82, 2.24) is 9.55 Å². The van der Waals surface area contributed by atoms with E-state index in [4.69, 9.17) is 19.2 Å². The first-order valence-electron chi connectivity index (χ1n) is 9.80. The monoisotopic (exact) mass is 394 g/mol. The Kier molecular flexibility index (Phi) is 5.67. The number of aliphatic hydroxyl groups is 1. The Morgan fingerprint density at radius 1 is 1.17 bits per heavy atom. The SMILES string of the molecule is CC=Cn1c(C)nc2c3c(ccc21)[C@@H](OCCOC)[C@H](O)[C@@H](c1ccccc1)O3. The summed E-state index contributed by atoms with van der Waals surface area (Å²) in [6, 6.07) is 13.7. The molecule has 1 aliphatic heterocycles. The van der Waals surface area contributed by atoms with E-state index in [1.165, 1.54) is 0 Å². The standard InChI is InChI=1S/C23H26N2O4/c1-4-12-25-15(2)24-19-18(25)11-10-17-22(19)29-21(16-8-6-5-7-9-16)20(26)23(17)28-14-13-27-3/h4-12,20-21,23,26H,13-14H2,1-3H3/t20-,21-,23-/m1/s1. The van der Waals surface area contributed by atoms with E-state index in [9.17, 15) is 5.11 Å². The zero-order chi connectivity index (χ0) is 20.4. The lowest BCUT2D eigenvalue weighted by Crippen LogP contribution is -2.36. The number of fused-ring (bicyclic) bond motifs is 3. The molecule has 0 saturated carbocycles. The molecule has 2 heterocycles. The summed E-state index contributed by atoms with van der Waals surface area (Å²) in [5.41, 5.74) is 3.43. The Bertz CT molecular complexity index is 1010. The van der Waals surface area contributed by atoms with Crippen LogP contribution in [0.2, 0.25) is 0 Å². The van der Waals surface area contributed by atoms with Gasteiger partial charge in [-0.15, -0.1) is 0 Å². The molecule has 152 valence electrons. The average molecular weight is 394 g/mol. The molecule has 1 N–H and O–H groups in total. The number of hydrogen-bond acceptors (Lipinski definition) is 5. The first kappa shape index (κ1) is 19.6. The van der Waals surface area contributed by atoms with Gasteiger partial charge in [0.25, 0.3) is 0 Å². The van der Waals surface area contributed by atoms with Crippen molar-refractivity contribution in [2.45, 2.75) is 32.2 Å². The van der Waals surface area contributed by atoms with Crippen LogP contribution in [0.3, 0.4) is 0 Å². The van der Waals surface area contributed by atoms with Crippen LogP contribution < -0.4 is 4.74 Å². The molecular weight excluding hydrogens is 368 g/mol. The van der Waals surface area contributed by atoms with Crippen molar-refractivity contribution in [1.29, 1.82) is 0 Å². The molecule has 1 aromatic heterocycles. The molecule has 4 rings (SSSR count). The van der Waals surface area contributed by atoms with E-state index < -0.39 is 18.3 Å². The molecule has 0 radical (unpaired) electrons. The highest BCUT2D eigenvalue weighted by Gasteiger charge is 2.40. The van der Waals surface area contributed by atoms with Crippen molar-refractivity contribution in [3.63, 3.8) is 0 Å². The quantitative estimate of drug-likeness (QED) is 0.640. The maximum atomic E-state index is 11.1. The van der Waals surface area contributed by atoms with Crippen molar-refractivity contribution >= 4 is 17.2 Å². The molecule has 0 aliphatic carbocycles. The van der Waals surface area contributed by atoms with Gasteiger partial charge in [0.2, 0.25) is 0 Å². The number of aromatic nitrogens is 2. The molecule has 6 heteroatoms. The summed E-state index contributed by atoms with van der Waals surface area (Å²) in [6.07, 6.45) is 2.03. The zero-order valence-corrected chi connectivity index (χ0v) is 16.9. The van der Waals surface area contributed by atoms with Crippen LogP contribution in [0.1, 0.15) is 36.1 Å². The van der Waals surface area contributed by atoms with Gasteiger partial charge in [-0.25, -0.2) is 4.98 Å². The Hall–Kier alpha value is -2.67. The van der Waals surface area contributed by atoms with E-state index in [2.05, 4.69) is 0 Å². The number of imidazole rings is 1. The molecular formula is C23H26N2O4. The van der Waals surface area contributed by atoms with Crippen LogP contribution in [-0.4, -0.2) is 41.1 Å². The molecule has 0 fully saturated rings. The zero-order valence-electron chi connectivity index (χ0n) is 16.9. The van der Waals surface area contributed by atoms with Crippen molar-refractivity contribution in [2.24, 2.45) is 0 Å². The number of hydrogen-bond donors (Lipinski definition) is 1. The number of benzene rings is 2. The van der Waals surface area contributed by atoms with Gasteiger partial charge in [0.15, 0.2) is 11.9 Å². The molecule has 0 amide bonds. The lowest BCUT2D eigenvalue weighted by molar-refractivity contribution is -0.108. The Balaban J connectivity index is 1.84. The third kappa shape index (κ3) is 3.55. The summed E-state index contributed by atoms with van der Waals surface area (Å²) < 4.78 is 19.6. The van der Waals surface area contributed by atoms with Crippen molar-refractivity contribution in [3.8, 4) is 5.75 Å². The largest absolute Gasteiger partial charge is 0.480 e. The summed E-state index contributed by atoms with van der Waals surface area (Å²) >= 11 is 0. The summed E-state index contributed by atoms with van der Waals surface area (Å²) in [6.45, 7) is 4.77. The highest BCUT2D eigenvalue weighted by molar-refractivity contribution is 5.86. The van der Waals surface area contributed by atoms with Crippen LogP contribution in [-0.2, 0) is 9.47 Å². The highest BCUT2D eigenvalue weighted by atomic mass is 16.5. The molecule has 2 aromatic carbocycles. The maximum absolute atomic E-state index is 11.1. The normalized spacial score (nSPS) is 21.4. The molecule has 3 atom stereocenters. The van der Waals surface area contributed by atoms with Gasteiger partial charge in [-0.2, -0.15) is 0 Å². The average Bonchev–Trinajstić information content (AvgIpc) is 3.06. The molecule has 0 unspecified atom stereocenters. The van der Waals surface area contributed by atoms with Crippen LogP contribution in [0.4, 0.5) is 0 Å². The van der Waals surface area contributed by atoms with Gasteiger partial charge in [0.05, 0.1) is 18.7 Å². The van der Waals surface area contributed by atoms with Gasteiger partial charge < -0.3 is 23.9 Å². The Morgan fingerprint density at radius 2 is 1.97 bits per heavy atom. The second-order valence-electron chi connectivity index (χ2n) is 7.09. The Morgan fingerprint density at radius 3 is 2.69 bits per heavy atom. The predicted octanol–water partition coefficient (Wildman–Crippen LogP) is 4.03. The number of aliphatic hydroxyl groups excluding tert-OH is 1. The van der Waals surface area contributed by atoms with E-state index in [0.717, 1.165) is 28.0 Å². The maximum Gasteiger partial charge on any atom is 0.154 e. The fourth-order valence-corrected chi connectivity index (χ4v) is 3.85. The number of methoxy groups -OCH3 is 1.